The number of rotatable bonds is 8. The Morgan fingerprint density at radius 3 is 3.00 bits per heavy atom. The number of aromatic nitrogens is 2. The van der Waals surface area contributed by atoms with Crippen molar-refractivity contribution in [2.45, 2.75) is 6.54 Å². The predicted molar refractivity (Wildman–Crippen MR) is 81.8 cm³/mol. The molecule has 0 radical (unpaired) electrons. The van der Waals surface area contributed by atoms with E-state index in [1.165, 1.54) is 0 Å². The maximum Gasteiger partial charge on any atom is 0.258 e. The molecule has 7 heteroatoms. The Labute approximate surface area is 127 Å². The first-order valence-electron chi connectivity index (χ1n) is 6.66. The summed E-state index contributed by atoms with van der Waals surface area (Å²) in [5.74, 6) is 0.576. The van der Waals surface area contributed by atoms with Crippen molar-refractivity contribution in [3.8, 4) is 0 Å². The second-order valence-corrected chi connectivity index (χ2v) is 4.89. The van der Waals surface area contributed by atoms with Gasteiger partial charge in [0.05, 0.1) is 37.3 Å². The Bertz CT molecular complexity index is 645. The van der Waals surface area contributed by atoms with Crippen LogP contribution in [0.25, 0.3) is 10.9 Å². The summed E-state index contributed by atoms with van der Waals surface area (Å²) < 4.78 is 10.2. The summed E-state index contributed by atoms with van der Waals surface area (Å²) in [6, 6.07) is 5.03. The van der Waals surface area contributed by atoms with Gasteiger partial charge in [-0.1, -0.05) is 11.6 Å². The first-order valence-corrected chi connectivity index (χ1v) is 7.04. The lowest BCUT2D eigenvalue weighted by molar-refractivity contribution is 0.0718. The van der Waals surface area contributed by atoms with Crippen molar-refractivity contribution in [3.05, 3.63) is 39.4 Å². The zero-order chi connectivity index (χ0) is 15.1. The lowest BCUT2D eigenvalue weighted by Gasteiger charge is -2.06. The Hall–Kier alpha value is -1.47. The van der Waals surface area contributed by atoms with Gasteiger partial charge in [0.25, 0.3) is 5.56 Å². The molecule has 0 spiro atoms. The maximum atomic E-state index is 11.9. The molecule has 0 amide bonds. The average molecular weight is 312 g/mol. The molecule has 0 aliphatic heterocycles. The lowest BCUT2D eigenvalue weighted by atomic mass is 10.2. The molecule has 2 aromatic rings. The Kier molecular flexibility index (Phi) is 6.13. The van der Waals surface area contributed by atoms with Gasteiger partial charge in [-0.2, -0.15) is 0 Å². The highest BCUT2D eigenvalue weighted by atomic mass is 35.5. The van der Waals surface area contributed by atoms with Crippen LogP contribution in [0.4, 0.5) is 0 Å². The largest absolute Gasteiger partial charge is 0.382 e. The van der Waals surface area contributed by atoms with Gasteiger partial charge in [0.2, 0.25) is 0 Å². The minimum absolute atomic E-state index is 0.162. The summed E-state index contributed by atoms with van der Waals surface area (Å²) in [4.78, 5) is 19.0. The van der Waals surface area contributed by atoms with Crippen LogP contribution in [-0.2, 0) is 16.0 Å². The van der Waals surface area contributed by atoms with Crippen LogP contribution >= 0.6 is 11.6 Å². The topological polar surface area (TPSA) is 76.2 Å². The summed E-state index contributed by atoms with van der Waals surface area (Å²) in [5.41, 5.74) is 0.434. The minimum Gasteiger partial charge on any atom is -0.382 e. The molecule has 0 fully saturated rings. The Morgan fingerprint density at radius 2 is 2.19 bits per heavy atom. The van der Waals surface area contributed by atoms with Crippen molar-refractivity contribution in [2.24, 2.45) is 0 Å². The molecule has 0 bridgehead atoms. The molecule has 0 aliphatic carbocycles. The summed E-state index contributed by atoms with van der Waals surface area (Å²) in [6.45, 7) is 2.86. The quantitative estimate of drug-likeness (QED) is 0.719. The monoisotopic (exact) mass is 311 g/mol. The van der Waals surface area contributed by atoms with E-state index in [2.05, 4.69) is 15.3 Å². The predicted octanol–water partition coefficient (Wildman–Crippen LogP) is 1.33. The molecule has 0 saturated carbocycles. The highest BCUT2D eigenvalue weighted by Gasteiger charge is 2.04. The third-order valence-corrected chi connectivity index (χ3v) is 3.10. The minimum atomic E-state index is -0.162. The van der Waals surface area contributed by atoms with Crippen molar-refractivity contribution in [3.63, 3.8) is 0 Å². The number of fused-ring (bicyclic) bond motifs is 1. The van der Waals surface area contributed by atoms with Crippen LogP contribution < -0.4 is 10.9 Å². The van der Waals surface area contributed by atoms with Crippen LogP contribution in [0.5, 0.6) is 0 Å². The molecule has 0 aliphatic rings. The van der Waals surface area contributed by atoms with Crippen molar-refractivity contribution in [2.75, 3.05) is 33.5 Å². The van der Waals surface area contributed by atoms with E-state index in [1.807, 2.05) is 0 Å². The Morgan fingerprint density at radius 1 is 1.33 bits per heavy atom. The average Bonchev–Trinajstić information content (AvgIpc) is 2.46. The highest BCUT2D eigenvalue weighted by Crippen LogP contribution is 2.14. The van der Waals surface area contributed by atoms with Crippen LogP contribution in [-0.4, -0.2) is 43.4 Å². The number of halogens is 1. The van der Waals surface area contributed by atoms with E-state index in [-0.39, 0.29) is 5.56 Å². The highest BCUT2D eigenvalue weighted by molar-refractivity contribution is 6.31. The van der Waals surface area contributed by atoms with Gasteiger partial charge < -0.3 is 19.8 Å². The fraction of sp³-hybridized carbons (Fsp3) is 0.429. The van der Waals surface area contributed by atoms with Crippen LogP contribution in [0.2, 0.25) is 5.02 Å². The molecule has 0 saturated heterocycles. The van der Waals surface area contributed by atoms with Gasteiger partial charge in [-0.3, -0.25) is 4.79 Å². The van der Waals surface area contributed by atoms with Crippen LogP contribution in [0.3, 0.4) is 0 Å². The zero-order valence-corrected chi connectivity index (χ0v) is 12.6. The first-order chi connectivity index (χ1) is 10.2. The van der Waals surface area contributed by atoms with Gasteiger partial charge in [0.15, 0.2) is 0 Å². The molecule has 1 aromatic heterocycles. The van der Waals surface area contributed by atoms with E-state index < -0.39 is 0 Å². The van der Waals surface area contributed by atoms with E-state index in [9.17, 15) is 4.79 Å². The third-order valence-electron chi connectivity index (χ3n) is 2.87. The second kappa shape index (κ2) is 8.09. The third kappa shape index (κ3) is 4.78. The maximum absolute atomic E-state index is 11.9. The van der Waals surface area contributed by atoms with Crippen LogP contribution in [0.15, 0.2) is 23.0 Å². The molecule has 0 unspecified atom stereocenters. The number of nitrogens with one attached hydrogen (secondary N) is 2. The summed E-state index contributed by atoms with van der Waals surface area (Å²) in [5, 5.41) is 4.25. The van der Waals surface area contributed by atoms with Crippen LogP contribution in [0, 0.1) is 0 Å². The van der Waals surface area contributed by atoms with Gasteiger partial charge in [-0.15, -0.1) is 0 Å². The molecule has 0 atom stereocenters. The molecular formula is C14H18ClN3O3. The van der Waals surface area contributed by atoms with Gasteiger partial charge in [-0.25, -0.2) is 4.98 Å². The van der Waals surface area contributed by atoms with E-state index in [0.29, 0.717) is 54.7 Å². The number of methoxy groups -OCH3 is 1. The van der Waals surface area contributed by atoms with Crippen molar-refractivity contribution in [1.29, 1.82) is 0 Å². The number of ether oxygens (including phenoxy) is 2. The second-order valence-electron chi connectivity index (χ2n) is 4.46. The molecule has 114 valence electrons. The van der Waals surface area contributed by atoms with Gasteiger partial charge in [0.1, 0.15) is 5.82 Å². The van der Waals surface area contributed by atoms with Gasteiger partial charge in [0, 0.05) is 18.7 Å². The molecule has 2 N–H and O–H groups in total. The standard InChI is InChI=1S/C14H18ClN3O3/c1-20-6-7-21-5-4-16-9-13-17-12-8-10(15)2-3-11(12)14(19)18-13/h2-3,8,16H,4-7,9H2,1H3,(H,17,18,19). The zero-order valence-electron chi connectivity index (χ0n) is 11.8. The summed E-state index contributed by atoms with van der Waals surface area (Å²) >= 11 is 5.92. The molecule has 2 rings (SSSR count). The van der Waals surface area contributed by atoms with Crippen molar-refractivity contribution >= 4 is 22.5 Å². The number of benzene rings is 1. The van der Waals surface area contributed by atoms with E-state index in [4.69, 9.17) is 21.1 Å². The smallest absolute Gasteiger partial charge is 0.258 e. The van der Waals surface area contributed by atoms with Crippen molar-refractivity contribution < 1.29 is 9.47 Å². The normalized spacial score (nSPS) is 11.1. The summed E-state index contributed by atoms with van der Waals surface area (Å²) in [7, 11) is 1.63. The van der Waals surface area contributed by atoms with Gasteiger partial charge >= 0.3 is 0 Å². The van der Waals surface area contributed by atoms with E-state index in [1.54, 1.807) is 25.3 Å². The molecule has 21 heavy (non-hydrogen) atoms. The van der Waals surface area contributed by atoms with E-state index >= 15 is 0 Å². The van der Waals surface area contributed by atoms with Gasteiger partial charge in [-0.05, 0) is 18.2 Å². The van der Waals surface area contributed by atoms with Crippen LogP contribution in [0.1, 0.15) is 5.82 Å². The molecule has 1 aromatic carbocycles. The molecule has 6 nitrogen and oxygen atoms in total. The number of hydrogen-bond donors (Lipinski definition) is 2. The lowest BCUT2D eigenvalue weighted by Crippen LogP contribution is -2.23. The summed E-state index contributed by atoms with van der Waals surface area (Å²) in [6.07, 6.45) is 0. The number of H-pyrrole nitrogens is 1. The van der Waals surface area contributed by atoms with Crippen molar-refractivity contribution in [1.82, 2.24) is 15.3 Å². The number of hydrogen-bond acceptors (Lipinski definition) is 5. The number of aromatic amines is 1. The SMILES string of the molecule is COCCOCCNCc1nc2cc(Cl)ccc2c(=O)[nH]1. The Balaban J connectivity index is 1.89. The number of nitrogens with zero attached hydrogens (tertiary/aromatic N) is 1. The fourth-order valence-corrected chi connectivity index (χ4v) is 2.01. The fourth-order valence-electron chi connectivity index (χ4n) is 1.84. The van der Waals surface area contributed by atoms with E-state index in [0.717, 1.165) is 0 Å². The first kappa shape index (κ1) is 15.9. The molecular weight excluding hydrogens is 294 g/mol. The molecule has 1 heterocycles.